The molecule has 0 aromatic heterocycles. The number of rotatable bonds is 7. The Morgan fingerprint density at radius 2 is 1.76 bits per heavy atom. The summed E-state index contributed by atoms with van der Waals surface area (Å²) in [5, 5.41) is 10.5. The van der Waals surface area contributed by atoms with Crippen LogP contribution in [-0.2, 0) is 19.1 Å². The van der Waals surface area contributed by atoms with E-state index in [0.29, 0.717) is 0 Å². The van der Waals surface area contributed by atoms with Gasteiger partial charge in [0.25, 0.3) is 0 Å². The zero-order valence-electron chi connectivity index (χ0n) is 9.89. The Labute approximate surface area is 99.1 Å². The Hall–Kier alpha value is -1.79. The molecule has 1 unspecified atom stereocenters. The molecule has 98 valence electrons. The number of esters is 2. The van der Waals surface area contributed by atoms with Crippen molar-refractivity contribution in [2.24, 2.45) is 0 Å². The molecule has 2 N–H and O–H groups in total. The third-order valence-corrected chi connectivity index (χ3v) is 1.81. The second kappa shape index (κ2) is 8.37. The molecular weight excluding hydrogens is 230 g/mol. The van der Waals surface area contributed by atoms with Crippen molar-refractivity contribution in [1.29, 1.82) is 0 Å². The number of nitrogens with one attached hydrogen (secondary N) is 1. The summed E-state index contributed by atoms with van der Waals surface area (Å²) in [6.07, 6.45) is -1.37. The van der Waals surface area contributed by atoms with Crippen LogP contribution in [0.25, 0.3) is 0 Å². The van der Waals surface area contributed by atoms with Crippen molar-refractivity contribution < 1.29 is 29.0 Å². The van der Waals surface area contributed by atoms with Crippen LogP contribution in [-0.4, -0.2) is 42.4 Å². The van der Waals surface area contributed by atoms with Gasteiger partial charge in [-0.1, -0.05) is 0 Å². The van der Waals surface area contributed by atoms with Crippen LogP contribution in [0.1, 0.15) is 26.7 Å². The predicted molar refractivity (Wildman–Crippen MR) is 57.4 cm³/mol. The van der Waals surface area contributed by atoms with Crippen LogP contribution in [0.5, 0.6) is 0 Å². The molecule has 0 heterocycles. The first kappa shape index (κ1) is 15.2. The number of carboxylic acid groups (broad SMARTS) is 1. The van der Waals surface area contributed by atoms with Crippen molar-refractivity contribution in [3.63, 3.8) is 0 Å². The number of hydrogen-bond donors (Lipinski definition) is 2. The zero-order valence-corrected chi connectivity index (χ0v) is 9.89. The fourth-order valence-electron chi connectivity index (χ4n) is 1.14. The molecule has 0 aliphatic rings. The Bertz CT molecular complexity index is 278. The number of carbonyl (C=O) groups is 3. The lowest BCUT2D eigenvalue weighted by Crippen LogP contribution is -2.41. The highest BCUT2D eigenvalue weighted by molar-refractivity contribution is 5.81. The van der Waals surface area contributed by atoms with Crippen molar-refractivity contribution in [2.75, 3.05) is 13.2 Å². The molecule has 0 aromatic carbocycles. The number of ether oxygens (including phenoxy) is 2. The Morgan fingerprint density at radius 3 is 2.24 bits per heavy atom. The van der Waals surface area contributed by atoms with Crippen LogP contribution < -0.4 is 5.32 Å². The van der Waals surface area contributed by atoms with Crippen LogP contribution in [0.15, 0.2) is 0 Å². The van der Waals surface area contributed by atoms with Crippen LogP contribution in [0.2, 0.25) is 0 Å². The molecule has 7 heteroatoms. The quantitative estimate of drug-likeness (QED) is 0.636. The predicted octanol–water partition coefficient (Wildman–Crippen LogP) is 0.529. The molecule has 0 radical (unpaired) electrons. The van der Waals surface area contributed by atoms with E-state index in [9.17, 15) is 14.4 Å². The van der Waals surface area contributed by atoms with Gasteiger partial charge in [-0.25, -0.2) is 9.59 Å². The van der Waals surface area contributed by atoms with E-state index < -0.39 is 24.1 Å². The van der Waals surface area contributed by atoms with Gasteiger partial charge in [-0.3, -0.25) is 4.79 Å². The van der Waals surface area contributed by atoms with Gasteiger partial charge in [0.2, 0.25) is 0 Å². The van der Waals surface area contributed by atoms with E-state index >= 15 is 0 Å². The SMILES string of the molecule is CCOC(=O)CCC(NC(=O)O)C(=O)OCC. The van der Waals surface area contributed by atoms with Gasteiger partial charge >= 0.3 is 18.0 Å². The minimum absolute atomic E-state index is 0.0178. The lowest BCUT2D eigenvalue weighted by atomic mass is 10.1. The molecule has 0 rings (SSSR count). The van der Waals surface area contributed by atoms with E-state index in [-0.39, 0.29) is 26.1 Å². The molecule has 0 aliphatic carbocycles. The molecule has 0 bridgehead atoms. The summed E-state index contributed by atoms with van der Waals surface area (Å²) in [6.45, 7) is 3.67. The normalized spacial score (nSPS) is 11.4. The highest BCUT2D eigenvalue weighted by Crippen LogP contribution is 2.02. The smallest absolute Gasteiger partial charge is 0.405 e. The van der Waals surface area contributed by atoms with Crippen LogP contribution in [0, 0.1) is 0 Å². The maximum absolute atomic E-state index is 11.3. The third-order valence-electron chi connectivity index (χ3n) is 1.81. The summed E-state index contributed by atoms with van der Waals surface area (Å²) in [6, 6.07) is -1.04. The number of carbonyl (C=O) groups excluding carboxylic acids is 2. The van der Waals surface area contributed by atoms with Gasteiger partial charge in [-0.15, -0.1) is 0 Å². The number of hydrogen-bond acceptors (Lipinski definition) is 5. The standard InChI is InChI=1S/C10H17NO6/c1-3-16-8(12)6-5-7(11-10(14)15)9(13)17-4-2/h7,11H,3-6H2,1-2H3,(H,14,15). The van der Waals surface area contributed by atoms with Gasteiger partial charge in [-0.2, -0.15) is 0 Å². The lowest BCUT2D eigenvalue weighted by molar-refractivity contribution is -0.146. The first-order chi connectivity index (χ1) is 8.01. The largest absolute Gasteiger partial charge is 0.466 e. The molecule has 7 nitrogen and oxygen atoms in total. The molecule has 0 saturated heterocycles. The minimum Gasteiger partial charge on any atom is -0.466 e. The Balaban J connectivity index is 4.23. The van der Waals surface area contributed by atoms with Crippen molar-refractivity contribution in [1.82, 2.24) is 5.32 Å². The number of amides is 1. The van der Waals surface area contributed by atoms with Gasteiger partial charge in [0.15, 0.2) is 0 Å². The maximum Gasteiger partial charge on any atom is 0.405 e. The van der Waals surface area contributed by atoms with Crippen molar-refractivity contribution in [2.45, 2.75) is 32.7 Å². The van der Waals surface area contributed by atoms with E-state index in [4.69, 9.17) is 5.11 Å². The first-order valence-electron chi connectivity index (χ1n) is 5.32. The van der Waals surface area contributed by atoms with Gasteiger partial charge in [0.05, 0.1) is 13.2 Å². The van der Waals surface area contributed by atoms with Gasteiger partial charge in [0, 0.05) is 6.42 Å². The molecule has 0 saturated carbocycles. The summed E-state index contributed by atoms with van der Waals surface area (Å²) < 4.78 is 9.35. The van der Waals surface area contributed by atoms with E-state index in [1.54, 1.807) is 13.8 Å². The molecule has 0 aliphatic heterocycles. The van der Waals surface area contributed by atoms with E-state index in [1.165, 1.54) is 0 Å². The fourth-order valence-corrected chi connectivity index (χ4v) is 1.14. The molecule has 0 spiro atoms. The van der Waals surface area contributed by atoms with Crippen LogP contribution in [0.3, 0.4) is 0 Å². The molecule has 17 heavy (non-hydrogen) atoms. The molecule has 1 amide bonds. The highest BCUT2D eigenvalue weighted by Gasteiger charge is 2.22. The third kappa shape index (κ3) is 7.15. The molecule has 0 aromatic rings. The summed E-state index contributed by atoms with van der Waals surface area (Å²) >= 11 is 0. The van der Waals surface area contributed by atoms with Gasteiger partial charge in [0.1, 0.15) is 6.04 Å². The summed E-state index contributed by atoms with van der Waals surface area (Å²) in [5.74, 6) is -1.17. The first-order valence-corrected chi connectivity index (χ1v) is 5.32. The van der Waals surface area contributed by atoms with Gasteiger partial charge < -0.3 is 19.9 Å². The molecule has 1 atom stereocenters. The van der Waals surface area contributed by atoms with Gasteiger partial charge in [-0.05, 0) is 20.3 Å². The summed E-state index contributed by atoms with van der Waals surface area (Å²) in [7, 11) is 0. The Kier molecular flexibility index (Phi) is 7.49. The monoisotopic (exact) mass is 247 g/mol. The Morgan fingerprint density at radius 1 is 1.18 bits per heavy atom. The van der Waals surface area contributed by atoms with E-state index in [2.05, 4.69) is 9.47 Å². The van der Waals surface area contributed by atoms with E-state index in [1.807, 2.05) is 5.32 Å². The van der Waals surface area contributed by atoms with Crippen LogP contribution >= 0.6 is 0 Å². The van der Waals surface area contributed by atoms with E-state index in [0.717, 1.165) is 0 Å². The van der Waals surface area contributed by atoms with Crippen LogP contribution in [0.4, 0.5) is 4.79 Å². The topological polar surface area (TPSA) is 102 Å². The lowest BCUT2D eigenvalue weighted by Gasteiger charge is -2.14. The van der Waals surface area contributed by atoms with Crippen molar-refractivity contribution in [3.8, 4) is 0 Å². The fraction of sp³-hybridized carbons (Fsp3) is 0.700. The average molecular weight is 247 g/mol. The van der Waals surface area contributed by atoms with Crippen molar-refractivity contribution in [3.05, 3.63) is 0 Å². The minimum atomic E-state index is -1.34. The second-order valence-corrected chi connectivity index (χ2v) is 3.10. The average Bonchev–Trinajstić information content (AvgIpc) is 2.24. The second-order valence-electron chi connectivity index (χ2n) is 3.10. The maximum atomic E-state index is 11.3. The molecule has 0 fully saturated rings. The summed E-state index contributed by atoms with van der Waals surface area (Å²) in [5.41, 5.74) is 0. The zero-order chi connectivity index (χ0) is 13.3. The highest BCUT2D eigenvalue weighted by atomic mass is 16.5. The van der Waals surface area contributed by atoms with Crippen molar-refractivity contribution >= 4 is 18.0 Å². The molecular formula is C10H17NO6. The summed E-state index contributed by atoms with van der Waals surface area (Å²) in [4.78, 5) is 32.9.